The molecule has 0 saturated heterocycles. The molecule has 25 heavy (non-hydrogen) atoms. The van der Waals surface area contributed by atoms with Gasteiger partial charge in [-0.1, -0.05) is 0 Å². The molecule has 0 saturated carbocycles. The summed E-state index contributed by atoms with van der Waals surface area (Å²) in [4.78, 5) is 5.25. The molecule has 130 valence electrons. The van der Waals surface area contributed by atoms with Crippen LogP contribution in [0.3, 0.4) is 0 Å². The van der Waals surface area contributed by atoms with E-state index in [-0.39, 0.29) is 19.0 Å². The van der Waals surface area contributed by atoms with Crippen molar-refractivity contribution in [1.82, 2.24) is 25.2 Å². The van der Waals surface area contributed by atoms with Crippen LogP contribution in [0.15, 0.2) is 42.7 Å². The van der Waals surface area contributed by atoms with E-state index in [0.717, 1.165) is 12.1 Å². The lowest BCUT2D eigenvalue weighted by molar-refractivity contribution is -0.137. The third kappa shape index (κ3) is 3.91. The zero-order valence-electron chi connectivity index (χ0n) is 12.8. The number of hydrogen-bond donors (Lipinski definition) is 2. The number of hydrogen-bond acceptors (Lipinski definition) is 6. The minimum Gasteiger partial charge on any atom is -0.394 e. The van der Waals surface area contributed by atoms with Crippen LogP contribution in [0.5, 0.6) is 0 Å². The number of anilines is 2. The molecule has 3 rings (SSSR count). The van der Waals surface area contributed by atoms with Crippen molar-refractivity contribution >= 4 is 11.4 Å². The van der Waals surface area contributed by atoms with Gasteiger partial charge in [0.25, 0.3) is 0 Å². The maximum Gasteiger partial charge on any atom is 0.416 e. The highest BCUT2D eigenvalue weighted by atomic mass is 19.4. The van der Waals surface area contributed by atoms with Gasteiger partial charge in [-0.2, -0.15) is 18.0 Å². The van der Waals surface area contributed by atoms with Gasteiger partial charge in [0.15, 0.2) is 0 Å². The first-order valence-corrected chi connectivity index (χ1v) is 7.25. The molecule has 0 aliphatic carbocycles. The molecular weight excluding hydrogens is 337 g/mol. The summed E-state index contributed by atoms with van der Waals surface area (Å²) in [5.41, 5.74) is 0.856. The zero-order valence-corrected chi connectivity index (χ0v) is 12.8. The second kappa shape index (κ2) is 6.85. The summed E-state index contributed by atoms with van der Waals surface area (Å²) in [6.07, 6.45) is -1.32. The molecule has 0 fully saturated rings. The summed E-state index contributed by atoms with van der Waals surface area (Å²) in [6, 6.07) is 6.32. The van der Waals surface area contributed by atoms with Crippen LogP contribution in [0.25, 0.3) is 11.4 Å². The average Bonchev–Trinajstić information content (AvgIpc) is 3.04. The Morgan fingerprint density at radius 2 is 1.88 bits per heavy atom. The van der Waals surface area contributed by atoms with Crippen LogP contribution in [0.2, 0.25) is 0 Å². The van der Waals surface area contributed by atoms with Crippen LogP contribution in [-0.2, 0) is 12.7 Å². The third-order valence-corrected chi connectivity index (χ3v) is 3.31. The van der Waals surface area contributed by atoms with E-state index >= 15 is 0 Å². The van der Waals surface area contributed by atoms with Crippen molar-refractivity contribution in [2.45, 2.75) is 12.7 Å². The van der Waals surface area contributed by atoms with Crippen molar-refractivity contribution in [1.29, 1.82) is 0 Å². The first kappa shape index (κ1) is 16.8. The van der Waals surface area contributed by atoms with Gasteiger partial charge in [-0.25, -0.2) is 0 Å². The number of benzene rings is 1. The van der Waals surface area contributed by atoms with Crippen molar-refractivity contribution in [3.8, 4) is 11.4 Å². The summed E-state index contributed by atoms with van der Waals surface area (Å²) in [7, 11) is 0. The molecule has 0 aliphatic heterocycles. The molecule has 10 heteroatoms. The number of aliphatic hydroxyl groups excluding tert-OH is 1. The largest absolute Gasteiger partial charge is 0.416 e. The highest BCUT2D eigenvalue weighted by molar-refractivity contribution is 5.76. The fraction of sp³-hybridized carbons (Fsp3) is 0.200. The van der Waals surface area contributed by atoms with Crippen LogP contribution in [0.1, 0.15) is 5.56 Å². The van der Waals surface area contributed by atoms with E-state index < -0.39 is 11.7 Å². The van der Waals surface area contributed by atoms with Crippen molar-refractivity contribution in [3.63, 3.8) is 0 Å². The lowest BCUT2D eigenvalue weighted by atomic mass is 10.1. The first-order chi connectivity index (χ1) is 12.0. The minimum absolute atomic E-state index is 0.125. The molecule has 3 aromatic rings. The Hall–Kier alpha value is -3.01. The van der Waals surface area contributed by atoms with Gasteiger partial charge in [-0.15, -0.1) is 10.2 Å². The van der Waals surface area contributed by atoms with Gasteiger partial charge in [-0.3, -0.25) is 4.98 Å². The number of rotatable bonds is 5. The highest BCUT2D eigenvalue weighted by Crippen LogP contribution is 2.31. The first-order valence-electron chi connectivity index (χ1n) is 7.25. The van der Waals surface area contributed by atoms with E-state index in [0.29, 0.717) is 16.9 Å². The van der Waals surface area contributed by atoms with Crippen LogP contribution in [0.4, 0.5) is 24.5 Å². The predicted molar refractivity (Wildman–Crippen MR) is 82.9 cm³/mol. The monoisotopic (exact) mass is 350 g/mol. The van der Waals surface area contributed by atoms with E-state index in [1.807, 2.05) is 0 Å². The average molecular weight is 350 g/mol. The van der Waals surface area contributed by atoms with E-state index in [4.69, 9.17) is 5.11 Å². The number of alkyl halides is 3. The number of tetrazole rings is 1. The Bertz CT molecular complexity index is 847. The molecule has 0 unspecified atom stereocenters. The minimum atomic E-state index is -4.38. The van der Waals surface area contributed by atoms with Crippen LogP contribution in [-0.4, -0.2) is 36.9 Å². The van der Waals surface area contributed by atoms with Gasteiger partial charge in [-0.05, 0) is 35.5 Å². The number of halogens is 3. The Labute approximate surface area is 140 Å². The SMILES string of the molecule is OCCn1nnc(-c2cnccc2Nc2ccc(C(F)(F)F)cc2)n1. The van der Waals surface area contributed by atoms with Crippen molar-refractivity contribution in [3.05, 3.63) is 48.3 Å². The lowest BCUT2D eigenvalue weighted by Gasteiger charge is -2.11. The Kier molecular flexibility index (Phi) is 4.61. The molecule has 0 atom stereocenters. The number of aromatic nitrogens is 5. The van der Waals surface area contributed by atoms with E-state index in [9.17, 15) is 13.2 Å². The molecule has 1 aromatic carbocycles. The van der Waals surface area contributed by atoms with Gasteiger partial charge in [0.1, 0.15) is 0 Å². The highest BCUT2D eigenvalue weighted by Gasteiger charge is 2.29. The number of nitrogens with zero attached hydrogens (tertiary/aromatic N) is 5. The molecule has 2 aromatic heterocycles. The van der Waals surface area contributed by atoms with E-state index in [1.54, 1.807) is 6.07 Å². The molecule has 2 N–H and O–H groups in total. The maximum absolute atomic E-state index is 12.6. The number of nitrogens with one attached hydrogen (secondary N) is 1. The zero-order chi connectivity index (χ0) is 17.9. The molecule has 0 bridgehead atoms. The van der Waals surface area contributed by atoms with Crippen molar-refractivity contribution in [2.75, 3.05) is 11.9 Å². The normalized spacial score (nSPS) is 11.5. The van der Waals surface area contributed by atoms with E-state index in [1.165, 1.54) is 29.3 Å². The Morgan fingerprint density at radius 3 is 2.56 bits per heavy atom. The fourth-order valence-electron chi connectivity index (χ4n) is 2.11. The summed E-state index contributed by atoms with van der Waals surface area (Å²) >= 11 is 0. The predicted octanol–water partition coefficient (Wildman–Crippen LogP) is 2.49. The molecule has 0 spiro atoms. The van der Waals surface area contributed by atoms with Gasteiger partial charge in [0, 0.05) is 18.1 Å². The Balaban J connectivity index is 1.85. The van der Waals surface area contributed by atoms with Crippen molar-refractivity contribution < 1.29 is 18.3 Å². The number of pyridine rings is 1. The second-order valence-electron chi connectivity index (χ2n) is 5.05. The second-order valence-corrected chi connectivity index (χ2v) is 5.05. The van der Waals surface area contributed by atoms with Crippen molar-refractivity contribution in [2.24, 2.45) is 0 Å². The topological polar surface area (TPSA) is 88.8 Å². The van der Waals surface area contributed by atoms with Gasteiger partial charge < -0.3 is 10.4 Å². The van der Waals surface area contributed by atoms with E-state index in [2.05, 4.69) is 25.7 Å². The van der Waals surface area contributed by atoms with Gasteiger partial charge in [0.05, 0.1) is 30.0 Å². The molecule has 2 heterocycles. The standard InChI is InChI=1S/C15H13F3N6O/c16-15(17,18)10-1-3-11(4-2-10)20-13-5-6-19-9-12(13)14-21-23-24(22-14)7-8-25/h1-6,9,25H,7-8H2,(H,19,20). The smallest absolute Gasteiger partial charge is 0.394 e. The third-order valence-electron chi connectivity index (χ3n) is 3.31. The van der Waals surface area contributed by atoms with Gasteiger partial charge in [0.2, 0.25) is 5.82 Å². The van der Waals surface area contributed by atoms with Crippen LogP contribution in [0, 0.1) is 0 Å². The summed E-state index contributed by atoms with van der Waals surface area (Å²) in [5, 5.41) is 23.7. The quantitative estimate of drug-likeness (QED) is 0.735. The molecule has 0 amide bonds. The molecule has 7 nitrogen and oxygen atoms in total. The number of aliphatic hydroxyl groups is 1. The lowest BCUT2D eigenvalue weighted by Crippen LogP contribution is -2.06. The molecule has 0 aliphatic rings. The summed E-state index contributed by atoms with van der Waals surface area (Å²) in [6.45, 7) is 0.0778. The van der Waals surface area contributed by atoms with Gasteiger partial charge >= 0.3 is 6.18 Å². The summed E-state index contributed by atoms with van der Waals surface area (Å²) in [5.74, 6) is 0.288. The Morgan fingerprint density at radius 1 is 1.12 bits per heavy atom. The fourth-order valence-corrected chi connectivity index (χ4v) is 2.11. The van der Waals surface area contributed by atoms with Crippen LogP contribution < -0.4 is 5.32 Å². The van der Waals surface area contributed by atoms with Crippen LogP contribution >= 0.6 is 0 Å². The molecule has 0 radical (unpaired) electrons. The molecular formula is C15H13F3N6O. The summed E-state index contributed by atoms with van der Waals surface area (Å²) < 4.78 is 37.9. The maximum atomic E-state index is 12.6.